The number of halogens is 1. The van der Waals surface area contributed by atoms with Crippen molar-refractivity contribution in [3.63, 3.8) is 0 Å². The van der Waals surface area contributed by atoms with Crippen LogP contribution in [0.2, 0.25) is 5.02 Å². The summed E-state index contributed by atoms with van der Waals surface area (Å²) >= 11 is 6.00. The van der Waals surface area contributed by atoms with Crippen LogP contribution < -0.4 is 14.9 Å². The highest BCUT2D eigenvalue weighted by atomic mass is 35.5. The van der Waals surface area contributed by atoms with Crippen molar-refractivity contribution >= 4 is 28.5 Å². The molecule has 4 rings (SSSR count). The van der Waals surface area contributed by atoms with Gasteiger partial charge in [-0.05, 0) is 86.0 Å². The van der Waals surface area contributed by atoms with E-state index in [2.05, 4.69) is 0 Å². The Bertz CT molecular complexity index is 1350. The van der Waals surface area contributed by atoms with Crippen molar-refractivity contribution in [2.24, 2.45) is 0 Å². The van der Waals surface area contributed by atoms with E-state index in [1.54, 1.807) is 42.5 Å². The zero-order chi connectivity index (χ0) is 22.8. The lowest BCUT2D eigenvalue weighted by Gasteiger charge is -2.12. The number of fused-ring (bicyclic) bond motifs is 1. The highest BCUT2D eigenvalue weighted by molar-refractivity contribution is 6.30. The van der Waals surface area contributed by atoms with E-state index in [0.717, 1.165) is 16.7 Å². The first-order valence-corrected chi connectivity index (χ1v) is 10.4. The van der Waals surface area contributed by atoms with Gasteiger partial charge in [-0.1, -0.05) is 23.7 Å². The molecule has 6 heteroatoms. The topological polar surface area (TPSA) is 65.7 Å². The molecule has 1 heterocycles. The Morgan fingerprint density at radius 2 is 1.59 bits per heavy atom. The Labute approximate surface area is 190 Å². The monoisotopic (exact) mass is 448 g/mol. The van der Waals surface area contributed by atoms with Gasteiger partial charge in [0, 0.05) is 10.6 Å². The molecule has 0 atom stereocenters. The van der Waals surface area contributed by atoms with E-state index < -0.39 is 11.4 Å². The van der Waals surface area contributed by atoms with E-state index in [1.165, 1.54) is 0 Å². The normalized spacial score (nSPS) is 10.9. The van der Waals surface area contributed by atoms with Gasteiger partial charge in [0.15, 0.2) is 12.4 Å². The maximum Gasteiger partial charge on any atom is 0.349 e. The maximum atomic E-state index is 13.2. The SMILES string of the molecule is Cc1cc(C)cc(OCC(=O)Oc2c(-c3ccc(Cl)cc3)oc3cc(C)ccc3c2=O)c1. The van der Waals surface area contributed by atoms with Crippen LogP contribution in [0.1, 0.15) is 16.7 Å². The van der Waals surface area contributed by atoms with Crippen LogP contribution in [-0.4, -0.2) is 12.6 Å². The Kier molecular flexibility index (Phi) is 6.01. The number of hydrogen-bond acceptors (Lipinski definition) is 5. The number of carbonyl (C=O) groups excluding carboxylic acids is 1. The Morgan fingerprint density at radius 1 is 0.906 bits per heavy atom. The number of ether oxygens (including phenoxy) is 2. The molecule has 0 bridgehead atoms. The number of rotatable bonds is 5. The molecule has 0 aliphatic heterocycles. The Morgan fingerprint density at radius 3 is 2.28 bits per heavy atom. The molecule has 0 saturated heterocycles. The summed E-state index contributed by atoms with van der Waals surface area (Å²) in [4.78, 5) is 25.8. The van der Waals surface area contributed by atoms with Crippen LogP contribution in [0.4, 0.5) is 0 Å². The number of benzene rings is 3. The van der Waals surface area contributed by atoms with E-state index in [0.29, 0.717) is 27.3 Å². The molecule has 3 aromatic carbocycles. The molecule has 0 fully saturated rings. The fourth-order valence-electron chi connectivity index (χ4n) is 3.47. The average molecular weight is 449 g/mol. The molecule has 0 aliphatic rings. The molecule has 4 aromatic rings. The average Bonchev–Trinajstić information content (AvgIpc) is 2.74. The van der Waals surface area contributed by atoms with E-state index in [4.69, 9.17) is 25.5 Å². The predicted molar refractivity (Wildman–Crippen MR) is 125 cm³/mol. The van der Waals surface area contributed by atoms with Gasteiger partial charge in [0.25, 0.3) is 0 Å². The van der Waals surface area contributed by atoms with Gasteiger partial charge in [0.2, 0.25) is 11.2 Å². The molecule has 5 nitrogen and oxygen atoms in total. The van der Waals surface area contributed by atoms with Crippen molar-refractivity contribution in [3.8, 4) is 22.8 Å². The van der Waals surface area contributed by atoms with Crippen LogP contribution in [0, 0.1) is 20.8 Å². The molecule has 162 valence electrons. The minimum atomic E-state index is -0.710. The molecule has 0 unspecified atom stereocenters. The number of esters is 1. The summed E-state index contributed by atoms with van der Waals surface area (Å²) < 4.78 is 17.1. The standard InChI is InChI=1S/C26H21ClO5/c1-15-4-9-21-22(13-15)31-25(18-5-7-19(27)8-6-18)26(24(21)29)32-23(28)14-30-20-11-16(2)10-17(3)12-20/h4-13H,14H2,1-3H3. The van der Waals surface area contributed by atoms with Crippen molar-refractivity contribution in [1.29, 1.82) is 0 Å². The summed E-state index contributed by atoms with van der Waals surface area (Å²) in [7, 11) is 0. The molecule has 0 amide bonds. The van der Waals surface area contributed by atoms with Gasteiger partial charge in [0.1, 0.15) is 11.3 Å². The van der Waals surface area contributed by atoms with Crippen LogP contribution in [0.5, 0.6) is 11.5 Å². The van der Waals surface area contributed by atoms with Crippen molar-refractivity contribution in [3.05, 3.63) is 92.6 Å². The lowest BCUT2D eigenvalue weighted by atomic mass is 10.1. The second-order valence-electron chi connectivity index (χ2n) is 7.68. The van der Waals surface area contributed by atoms with Crippen molar-refractivity contribution in [1.82, 2.24) is 0 Å². The van der Waals surface area contributed by atoms with Crippen LogP contribution in [0.25, 0.3) is 22.3 Å². The Balaban J connectivity index is 1.69. The van der Waals surface area contributed by atoms with E-state index >= 15 is 0 Å². The van der Waals surface area contributed by atoms with E-state index in [1.807, 2.05) is 39.0 Å². The summed E-state index contributed by atoms with van der Waals surface area (Å²) in [6, 6.07) is 17.6. The summed E-state index contributed by atoms with van der Waals surface area (Å²) in [5.41, 5.74) is 3.51. The smallest absolute Gasteiger partial charge is 0.349 e. The number of carbonyl (C=O) groups is 1. The second kappa shape index (κ2) is 8.89. The third kappa shape index (κ3) is 4.68. The Hall–Kier alpha value is -3.57. The predicted octanol–water partition coefficient (Wildman–Crippen LogP) is 6.02. The van der Waals surface area contributed by atoms with Gasteiger partial charge in [-0.2, -0.15) is 0 Å². The fourth-order valence-corrected chi connectivity index (χ4v) is 3.60. The van der Waals surface area contributed by atoms with Gasteiger partial charge in [-0.25, -0.2) is 4.79 Å². The van der Waals surface area contributed by atoms with Gasteiger partial charge in [-0.15, -0.1) is 0 Å². The van der Waals surface area contributed by atoms with Gasteiger partial charge in [-0.3, -0.25) is 4.79 Å². The highest BCUT2D eigenvalue weighted by Crippen LogP contribution is 2.32. The first-order valence-electron chi connectivity index (χ1n) is 10.1. The third-order valence-electron chi connectivity index (χ3n) is 4.88. The van der Waals surface area contributed by atoms with Gasteiger partial charge >= 0.3 is 5.97 Å². The van der Waals surface area contributed by atoms with E-state index in [-0.39, 0.29) is 18.1 Å². The maximum absolute atomic E-state index is 13.2. The summed E-state index contributed by atoms with van der Waals surface area (Å²) in [5.74, 6) is -0.182. The highest BCUT2D eigenvalue weighted by Gasteiger charge is 2.21. The fraction of sp³-hybridized carbons (Fsp3) is 0.154. The van der Waals surface area contributed by atoms with Crippen LogP contribution in [0.3, 0.4) is 0 Å². The quantitative estimate of drug-likeness (QED) is 0.349. The minimum absolute atomic E-state index is 0.157. The lowest BCUT2D eigenvalue weighted by Crippen LogP contribution is -2.21. The van der Waals surface area contributed by atoms with E-state index in [9.17, 15) is 9.59 Å². The molecule has 0 spiro atoms. The van der Waals surface area contributed by atoms with Crippen molar-refractivity contribution in [2.75, 3.05) is 6.61 Å². The first-order chi connectivity index (χ1) is 15.3. The molecule has 0 N–H and O–H groups in total. The van der Waals surface area contributed by atoms with Gasteiger partial charge < -0.3 is 13.9 Å². The van der Waals surface area contributed by atoms with Crippen molar-refractivity contribution < 1.29 is 18.7 Å². The summed E-state index contributed by atoms with van der Waals surface area (Å²) in [6.07, 6.45) is 0. The van der Waals surface area contributed by atoms with Crippen LogP contribution >= 0.6 is 11.6 Å². The minimum Gasteiger partial charge on any atom is -0.482 e. The second-order valence-corrected chi connectivity index (χ2v) is 8.12. The molecule has 0 radical (unpaired) electrons. The number of aryl methyl sites for hydroxylation is 3. The molecule has 1 aromatic heterocycles. The van der Waals surface area contributed by atoms with Crippen LogP contribution in [-0.2, 0) is 4.79 Å². The first kappa shape index (κ1) is 21.7. The van der Waals surface area contributed by atoms with Crippen molar-refractivity contribution in [2.45, 2.75) is 20.8 Å². The zero-order valence-electron chi connectivity index (χ0n) is 17.9. The summed E-state index contributed by atoms with van der Waals surface area (Å²) in [5, 5.41) is 0.861. The van der Waals surface area contributed by atoms with Gasteiger partial charge in [0.05, 0.1) is 5.39 Å². The molecule has 0 saturated carbocycles. The number of hydrogen-bond donors (Lipinski definition) is 0. The zero-order valence-corrected chi connectivity index (χ0v) is 18.7. The molecular formula is C26H21ClO5. The largest absolute Gasteiger partial charge is 0.482 e. The summed E-state index contributed by atoms with van der Waals surface area (Å²) in [6.45, 7) is 5.44. The molecule has 0 aliphatic carbocycles. The molecular weight excluding hydrogens is 428 g/mol. The molecule has 32 heavy (non-hydrogen) atoms. The third-order valence-corrected chi connectivity index (χ3v) is 5.13. The van der Waals surface area contributed by atoms with Crippen LogP contribution in [0.15, 0.2) is 69.9 Å². The lowest BCUT2D eigenvalue weighted by molar-refractivity contribution is -0.136.